The van der Waals surface area contributed by atoms with Crippen LogP contribution in [0.3, 0.4) is 0 Å². The lowest BCUT2D eigenvalue weighted by molar-refractivity contribution is -0.291. The first-order chi connectivity index (χ1) is 36.3. The lowest BCUT2D eigenvalue weighted by atomic mass is 9.25. The van der Waals surface area contributed by atoms with Crippen molar-refractivity contribution in [3.05, 3.63) is 59.7 Å². The molecule has 16 aliphatic carbocycles. The van der Waals surface area contributed by atoms with Crippen LogP contribution >= 0.6 is 0 Å². The van der Waals surface area contributed by atoms with Crippen LogP contribution in [0.15, 0.2) is 48.5 Å². The molecule has 3 aromatic rings. The highest BCUT2D eigenvalue weighted by molar-refractivity contribution is 5.97. The van der Waals surface area contributed by atoms with Gasteiger partial charge in [-0.2, -0.15) is 0 Å². The molecule has 6 unspecified atom stereocenters. The first-order valence-corrected chi connectivity index (χ1v) is 31.1. The fraction of sp³-hybridized carbons (Fsp3) is 0.714. The quantitative estimate of drug-likeness (QED) is 0.150. The highest BCUT2D eigenvalue weighted by Crippen LogP contribution is 2.85. The van der Waals surface area contributed by atoms with Crippen LogP contribution in [0.5, 0.6) is 34.5 Å². The van der Waals surface area contributed by atoms with Crippen LogP contribution in [0.25, 0.3) is 0 Å². The van der Waals surface area contributed by atoms with Crippen LogP contribution in [-0.4, -0.2) is 22.0 Å². The van der Waals surface area contributed by atoms with Crippen molar-refractivity contribution in [2.75, 3.05) is 10.6 Å². The topological polar surface area (TPSA) is 117 Å². The Labute approximate surface area is 466 Å². The van der Waals surface area contributed by atoms with Crippen molar-refractivity contribution in [1.29, 1.82) is 0 Å². The van der Waals surface area contributed by atoms with E-state index in [-0.39, 0.29) is 77.5 Å². The third-order valence-electron chi connectivity index (χ3n) is 25.5. The largest absolute Gasteiger partial charge is 0.506 e. The Morgan fingerprint density at radius 1 is 0.423 bits per heavy atom. The summed E-state index contributed by atoms with van der Waals surface area (Å²) in [4.78, 5) is 27.6. The molecule has 6 atom stereocenters. The number of hydrogen-bond donors (Lipinski definition) is 4. The van der Waals surface area contributed by atoms with Gasteiger partial charge in [0, 0.05) is 47.1 Å². The van der Waals surface area contributed by atoms with Gasteiger partial charge in [-0.1, -0.05) is 62.3 Å². The Hall–Kier alpha value is -4.20. The molecule has 0 radical (unpaired) electrons. The molecule has 418 valence electrons. The number of rotatable bonds is 10. The first kappa shape index (κ1) is 50.7. The summed E-state index contributed by atoms with van der Waals surface area (Å²) in [5.74, 6) is 3.72. The zero-order valence-electron chi connectivity index (χ0n) is 49.3. The van der Waals surface area contributed by atoms with E-state index in [9.17, 15) is 15.0 Å². The number of carbonyl (C=O) groups is 2. The number of phenolic OH excluding ortho intramolecular Hbond substituents is 2. The molecule has 0 saturated heterocycles. The molecule has 8 nitrogen and oxygen atoms in total. The van der Waals surface area contributed by atoms with E-state index in [4.69, 9.17) is 9.47 Å². The summed E-state index contributed by atoms with van der Waals surface area (Å²) in [5, 5.41) is 29.7. The van der Waals surface area contributed by atoms with Gasteiger partial charge >= 0.3 is 0 Å². The van der Waals surface area contributed by atoms with Gasteiger partial charge in [0.2, 0.25) is 11.8 Å². The second-order valence-corrected chi connectivity index (χ2v) is 35.4. The molecular formula is C70H92N2O6. The molecular weight excluding hydrogens is 965 g/mol. The highest BCUT2D eigenvalue weighted by atomic mass is 16.5. The standard InChI is InChI=1S/C70H92N2O6/c1-43(73)71-50-13-11-46(15-52(50)74)77-54-18-55(49(67-24-45-21-59(4,33-67)26-60(5,22-45)34-67)17-48(54)66-23-44-19-57(2,31-66)25-58(3,20-44)32-66)78-47-12-14-51(53(75)16-47)72-56(76)68-35-64(9)30-65(10,36-68)41-70(40-64,42-68)69-37-61(6)27-62(7,38-69)29-63(8,28-61)39-69/h11-18,44-45,74-75H,19-42H2,1-10H3,(H,71,73)(H,72,76). The van der Waals surface area contributed by atoms with Crippen LogP contribution in [0, 0.1) is 76.8 Å². The van der Waals surface area contributed by atoms with E-state index in [1.54, 1.807) is 18.2 Å². The van der Waals surface area contributed by atoms with Gasteiger partial charge in [0.25, 0.3) is 0 Å². The molecule has 0 aromatic heterocycles. The van der Waals surface area contributed by atoms with Crippen LogP contribution < -0.4 is 20.1 Å². The summed E-state index contributed by atoms with van der Waals surface area (Å²) < 4.78 is 14.5. The Balaban J connectivity index is 0.800. The van der Waals surface area contributed by atoms with E-state index in [1.807, 2.05) is 18.2 Å². The average molecular weight is 1060 g/mol. The van der Waals surface area contributed by atoms with E-state index in [0.717, 1.165) is 69.3 Å². The van der Waals surface area contributed by atoms with E-state index in [0.29, 0.717) is 51.0 Å². The molecule has 16 fully saturated rings. The van der Waals surface area contributed by atoms with Gasteiger partial charge in [0.05, 0.1) is 16.8 Å². The SMILES string of the molecule is CC(=O)Nc1ccc(Oc2cc(Oc3ccc(NC(=O)C45CC6(C)CC(C)(C4)CC(C47CC8(C)CC(C)(CC(C)(C8)C4)C7)(C6)C5)c(O)c3)c(C34CC5CC(C)(CC(C)(C5)C3)C4)cc2C23CC4CC(C)(CC(C)(C4)C2)C3)cc1O. The van der Waals surface area contributed by atoms with Gasteiger partial charge in [0.15, 0.2) is 0 Å². The Morgan fingerprint density at radius 2 is 0.782 bits per heavy atom. The second-order valence-electron chi connectivity index (χ2n) is 35.4. The average Bonchev–Trinajstić information content (AvgIpc) is 1.08. The first-order valence-electron chi connectivity index (χ1n) is 31.1. The van der Waals surface area contributed by atoms with Crippen LogP contribution in [0.1, 0.15) is 234 Å². The van der Waals surface area contributed by atoms with Gasteiger partial charge in [-0.05, 0) is 256 Å². The maximum absolute atomic E-state index is 15.5. The molecule has 78 heavy (non-hydrogen) atoms. The summed E-state index contributed by atoms with van der Waals surface area (Å²) in [5.41, 5.74) is 5.57. The number of phenols is 2. The van der Waals surface area contributed by atoms with E-state index in [1.165, 1.54) is 114 Å². The summed E-state index contributed by atoms with van der Waals surface area (Å²) in [6, 6.07) is 15.5. The van der Waals surface area contributed by atoms with Gasteiger partial charge in [-0.3, -0.25) is 9.59 Å². The molecule has 19 rings (SSSR count). The van der Waals surface area contributed by atoms with Gasteiger partial charge in [0.1, 0.15) is 34.5 Å². The number of ether oxygens (including phenoxy) is 2. The Kier molecular flexibility index (Phi) is 9.80. The number of aromatic hydroxyl groups is 2. The Bertz CT molecular complexity index is 3040. The maximum atomic E-state index is 15.5. The predicted molar refractivity (Wildman–Crippen MR) is 307 cm³/mol. The van der Waals surface area contributed by atoms with Gasteiger partial charge < -0.3 is 30.3 Å². The molecule has 16 bridgehead atoms. The number of anilines is 2. The minimum Gasteiger partial charge on any atom is -0.506 e. The van der Waals surface area contributed by atoms with E-state index in [2.05, 4.69) is 85.1 Å². The van der Waals surface area contributed by atoms with Crippen molar-refractivity contribution in [3.8, 4) is 34.5 Å². The molecule has 8 heteroatoms. The van der Waals surface area contributed by atoms with Crippen molar-refractivity contribution in [2.24, 2.45) is 76.8 Å². The molecule has 3 aromatic carbocycles. The van der Waals surface area contributed by atoms with Crippen LogP contribution in [-0.2, 0) is 20.4 Å². The molecule has 2 amide bonds. The molecule has 0 aliphatic heterocycles. The molecule has 0 spiro atoms. The minimum atomic E-state index is -0.476. The molecule has 16 aliphatic rings. The fourth-order valence-corrected chi connectivity index (χ4v) is 28.5. The Morgan fingerprint density at radius 3 is 1.15 bits per heavy atom. The molecule has 0 heterocycles. The van der Waals surface area contributed by atoms with Crippen LogP contribution in [0.2, 0.25) is 0 Å². The number of carbonyl (C=O) groups excluding carboxylic acids is 2. The van der Waals surface area contributed by atoms with Crippen molar-refractivity contribution in [1.82, 2.24) is 0 Å². The summed E-state index contributed by atoms with van der Waals surface area (Å²) in [6.45, 7) is 24.6. The zero-order chi connectivity index (χ0) is 54.5. The second kappa shape index (κ2) is 15.1. The fourth-order valence-electron chi connectivity index (χ4n) is 28.5. The normalized spacial score (nSPS) is 49.1. The van der Waals surface area contributed by atoms with Gasteiger partial charge in [-0.15, -0.1) is 0 Å². The lowest BCUT2D eigenvalue weighted by Gasteiger charge is -2.79. The summed E-state index contributed by atoms with van der Waals surface area (Å²) in [6.07, 6.45) is 29.1. The number of amides is 2. The number of hydrogen-bond acceptors (Lipinski definition) is 6. The zero-order valence-corrected chi connectivity index (χ0v) is 49.3. The third-order valence-corrected chi connectivity index (χ3v) is 25.5. The van der Waals surface area contributed by atoms with Crippen molar-refractivity contribution in [3.63, 3.8) is 0 Å². The van der Waals surface area contributed by atoms with E-state index < -0.39 is 5.41 Å². The van der Waals surface area contributed by atoms with Crippen LogP contribution in [0.4, 0.5) is 11.4 Å². The predicted octanol–water partition coefficient (Wildman–Crippen LogP) is 17.8. The smallest absolute Gasteiger partial charge is 0.230 e. The number of nitrogens with one attached hydrogen (secondary N) is 2. The molecule has 4 N–H and O–H groups in total. The highest BCUT2D eigenvalue weighted by Gasteiger charge is 2.77. The van der Waals surface area contributed by atoms with Crippen molar-refractivity contribution < 1.29 is 29.3 Å². The summed E-state index contributed by atoms with van der Waals surface area (Å²) >= 11 is 0. The lowest BCUT2D eigenvalue weighted by Crippen LogP contribution is -2.71. The number of benzene rings is 3. The monoisotopic (exact) mass is 1060 g/mol. The summed E-state index contributed by atoms with van der Waals surface area (Å²) in [7, 11) is 0. The molecule has 16 saturated carbocycles. The van der Waals surface area contributed by atoms with Gasteiger partial charge in [-0.25, -0.2) is 0 Å². The minimum absolute atomic E-state index is 0.0295. The third kappa shape index (κ3) is 7.52. The van der Waals surface area contributed by atoms with Crippen molar-refractivity contribution >= 4 is 23.2 Å². The van der Waals surface area contributed by atoms with E-state index >= 15 is 4.79 Å². The maximum Gasteiger partial charge on any atom is 0.230 e. The van der Waals surface area contributed by atoms with Crippen molar-refractivity contribution in [2.45, 2.75) is 234 Å².